The predicted molar refractivity (Wildman–Crippen MR) is 112 cm³/mol. The van der Waals surface area contributed by atoms with E-state index in [0.29, 0.717) is 19.0 Å². The van der Waals surface area contributed by atoms with Crippen LogP contribution in [0.15, 0.2) is 35.5 Å². The summed E-state index contributed by atoms with van der Waals surface area (Å²) in [6.45, 7) is 6.13. The van der Waals surface area contributed by atoms with Crippen LogP contribution in [-0.2, 0) is 19.5 Å². The number of aromatic nitrogens is 1. The molecular formula is C17H25IN4OS. The van der Waals surface area contributed by atoms with Crippen LogP contribution in [0.2, 0.25) is 0 Å². The highest BCUT2D eigenvalue weighted by Crippen LogP contribution is 2.16. The maximum atomic E-state index is 5.54. The van der Waals surface area contributed by atoms with Crippen molar-refractivity contribution < 1.29 is 4.74 Å². The van der Waals surface area contributed by atoms with Gasteiger partial charge < -0.3 is 15.4 Å². The van der Waals surface area contributed by atoms with E-state index in [1.807, 2.05) is 30.4 Å². The van der Waals surface area contributed by atoms with E-state index in [4.69, 9.17) is 4.74 Å². The van der Waals surface area contributed by atoms with E-state index in [2.05, 4.69) is 39.7 Å². The van der Waals surface area contributed by atoms with Crippen LogP contribution in [0.4, 0.5) is 0 Å². The molecule has 2 aromatic heterocycles. The maximum absolute atomic E-state index is 5.54. The molecule has 2 rings (SSSR count). The first-order valence-corrected chi connectivity index (χ1v) is 8.67. The van der Waals surface area contributed by atoms with E-state index >= 15 is 0 Å². The number of ether oxygens (including phenoxy) is 1. The number of aliphatic imine (C=N–C) groups is 1. The standard InChI is InChI=1S/C17H24N4OS.HI/c1-4-14-8-9-15(23-14)12-21-17(18-3)20-11-13-7-6-10-19-16(13)22-5-2;/h6-10H,4-5,11-12H2,1-3H3,(H2,18,20,21);1H. The Bertz CT molecular complexity index is 645. The van der Waals surface area contributed by atoms with Gasteiger partial charge in [-0.1, -0.05) is 13.0 Å². The third-order valence-corrected chi connectivity index (χ3v) is 4.53. The normalized spacial score (nSPS) is 10.9. The van der Waals surface area contributed by atoms with Gasteiger partial charge in [0, 0.05) is 35.1 Å². The lowest BCUT2D eigenvalue weighted by molar-refractivity contribution is 0.322. The minimum absolute atomic E-state index is 0. The Morgan fingerprint density at radius 2 is 1.92 bits per heavy atom. The van der Waals surface area contributed by atoms with Gasteiger partial charge >= 0.3 is 0 Å². The first-order chi connectivity index (χ1) is 11.3. The van der Waals surface area contributed by atoms with Crippen molar-refractivity contribution in [1.29, 1.82) is 0 Å². The minimum atomic E-state index is 0. The summed E-state index contributed by atoms with van der Waals surface area (Å²) < 4.78 is 5.54. The number of halogens is 1. The van der Waals surface area contributed by atoms with Crippen LogP contribution in [-0.4, -0.2) is 24.6 Å². The second kappa shape index (κ2) is 11.2. The Balaban J connectivity index is 0.00000288. The number of nitrogens with zero attached hydrogens (tertiary/aromatic N) is 2. The summed E-state index contributed by atoms with van der Waals surface area (Å²) >= 11 is 1.83. The fourth-order valence-corrected chi connectivity index (χ4v) is 3.00. The zero-order valence-corrected chi connectivity index (χ0v) is 17.5. The molecule has 0 spiro atoms. The fourth-order valence-electron chi connectivity index (χ4n) is 2.10. The molecular weight excluding hydrogens is 435 g/mol. The van der Waals surface area contributed by atoms with Gasteiger partial charge in [-0.25, -0.2) is 4.98 Å². The lowest BCUT2D eigenvalue weighted by atomic mass is 10.2. The molecule has 0 saturated carbocycles. The quantitative estimate of drug-likeness (QED) is 0.377. The third kappa shape index (κ3) is 6.27. The van der Waals surface area contributed by atoms with Crippen LogP contribution < -0.4 is 15.4 Å². The van der Waals surface area contributed by atoms with Crippen LogP contribution in [0.5, 0.6) is 5.88 Å². The Morgan fingerprint density at radius 3 is 2.58 bits per heavy atom. The topological polar surface area (TPSA) is 58.5 Å². The van der Waals surface area contributed by atoms with Gasteiger partial charge in [0.15, 0.2) is 5.96 Å². The number of nitrogens with one attached hydrogen (secondary N) is 2. The number of hydrogen-bond donors (Lipinski definition) is 2. The summed E-state index contributed by atoms with van der Waals surface area (Å²) in [7, 11) is 1.77. The van der Waals surface area contributed by atoms with Crippen LogP contribution in [0.25, 0.3) is 0 Å². The SMILES string of the molecule is CCOc1ncccc1CNC(=NC)NCc1ccc(CC)s1.I. The summed E-state index contributed by atoms with van der Waals surface area (Å²) in [4.78, 5) is 11.2. The van der Waals surface area contributed by atoms with E-state index in [9.17, 15) is 0 Å². The van der Waals surface area contributed by atoms with E-state index in [-0.39, 0.29) is 24.0 Å². The summed E-state index contributed by atoms with van der Waals surface area (Å²) in [6.07, 6.45) is 2.82. The lowest BCUT2D eigenvalue weighted by Gasteiger charge is -2.13. The first kappa shape index (κ1) is 20.7. The first-order valence-electron chi connectivity index (χ1n) is 7.85. The van der Waals surface area contributed by atoms with Crippen LogP contribution in [0, 0.1) is 0 Å². The average molecular weight is 460 g/mol. The second-order valence-corrected chi connectivity index (χ2v) is 6.15. The molecule has 0 aliphatic heterocycles. The number of rotatable bonds is 7. The van der Waals surface area contributed by atoms with Gasteiger partial charge in [0.2, 0.25) is 5.88 Å². The Hall–Kier alpha value is -1.35. The Morgan fingerprint density at radius 1 is 1.17 bits per heavy atom. The fraction of sp³-hybridized carbons (Fsp3) is 0.412. The average Bonchev–Trinajstić information content (AvgIpc) is 3.04. The maximum Gasteiger partial charge on any atom is 0.218 e. The zero-order valence-electron chi connectivity index (χ0n) is 14.3. The summed E-state index contributed by atoms with van der Waals surface area (Å²) in [6, 6.07) is 8.26. The molecule has 2 aromatic rings. The van der Waals surface area contributed by atoms with E-state index < -0.39 is 0 Å². The molecule has 132 valence electrons. The van der Waals surface area contributed by atoms with E-state index in [1.54, 1.807) is 13.2 Å². The van der Waals surface area contributed by atoms with Crippen molar-refractivity contribution in [2.24, 2.45) is 4.99 Å². The van der Waals surface area contributed by atoms with Crippen LogP contribution >= 0.6 is 35.3 Å². The molecule has 0 saturated heterocycles. The smallest absolute Gasteiger partial charge is 0.218 e. The van der Waals surface area contributed by atoms with Gasteiger partial charge in [-0.2, -0.15) is 0 Å². The van der Waals surface area contributed by atoms with E-state index in [0.717, 1.165) is 24.5 Å². The number of thiophene rings is 1. The molecule has 0 bridgehead atoms. The third-order valence-electron chi connectivity index (χ3n) is 3.30. The van der Waals surface area contributed by atoms with Crippen molar-refractivity contribution in [3.05, 3.63) is 45.8 Å². The van der Waals surface area contributed by atoms with Gasteiger partial charge in [0.25, 0.3) is 0 Å². The van der Waals surface area contributed by atoms with Crippen molar-refractivity contribution in [3.63, 3.8) is 0 Å². The van der Waals surface area contributed by atoms with Gasteiger partial charge in [-0.3, -0.25) is 4.99 Å². The molecule has 0 radical (unpaired) electrons. The molecule has 0 unspecified atom stereocenters. The molecule has 0 atom stereocenters. The van der Waals surface area contributed by atoms with Crippen LogP contribution in [0.3, 0.4) is 0 Å². The Kier molecular flexibility index (Phi) is 9.70. The molecule has 7 heteroatoms. The van der Waals surface area contributed by atoms with Gasteiger partial charge in [0.1, 0.15) is 0 Å². The number of hydrogen-bond acceptors (Lipinski definition) is 4. The Labute approximate surface area is 165 Å². The minimum Gasteiger partial charge on any atom is -0.478 e. The number of guanidine groups is 1. The van der Waals surface area contributed by atoms with Gasteiger partial charge in [0.05, 0.1) is 13.2 Å². The van der Waals surface area contributed by atoms with Gasteiger partial charge in [-0.15, -0.1) is 35.3 Å². The van der Waals surface area contributed by atoms with Crippen molar-refractivity contribution in [3.8, 4) is 5.88 Å². The highest BCUT2D eigenvalue weighted by atomic mass is 127. The van der Waals surface area contributed by atoms with Crippen molar-refractivity contribution >= 4 is 41.3 Å². The molecule has 2 N–H and O–H groups in total. The highest BCUT2D eigenvalue weighted by Gasteiger charge is 2.06. The summed E-state index contributed by atoms with van der Waals surface area (Å²) in [5.74, 6) is 1.44. The molecule has 0 amide bonds. The number of aryl methyl sites for hydroxylation is 1. The lowest BCUT2D eigenvalue weighted by Crippen LogP contribution is -2.36. The second-order valence-electron chi connectivity index (χ2n) is 4.90. The highest BCUT2D eigenvalue weighted by molar-refractivity contribution is 14.0. The zero-order chi connectivity index (χ0) is 16.5. The van der Waals surface area contributed by atoms with Gasteiger partial charge in [-0.05, 0) is 31.5 Å². The molecule has 0 aliphatic rings. The van der Waals surface area contributed by atoms with Crippen molar-refractivity contribution in [1.82, 2.24) is 15.6 Å². The molecule has 24 heavy (non-hydrogen) atoms. The number of pyridine rings is 1. The molecule has 5 nitrogen and oxygen atoms in total. The molecule has 2 heterocycles. The molecule has 0 aromatic carbocycles. The molecule has 0 fully saturated rings. The van der Waals surface area contributed by atoms with Crippen molar-refractivity contribution in [2.45, 2.75) is 33.4 Å². The predicted octanol–water partition coefficient (Wildman–Crippen LogP) is 3.59. The van der Waals surface area contributed by atoms with Crippen molar-refractivity contribution in [2.75, 3.05) is 13.7 Å². The van der Waals surface area contributed by atoms with E-state index in [1.165, 1.54) is 9.75 Å². The monoisotopic (exact) mass is 460 g/mol. The largest absolute Gasteiger partial charge is 0.478 e. The summed E-state index contributed by atoms with van der Waals surface area (Å²) in [5.41, 5.74) is 1.02. The van der Waals surface area contributed by atoms with Crippen LogP contribution in [0.1, 0.15) is 29.2 Å². The molecule has 0 aliphatic carbocycles. The summed E-state index contributed by atoms with van der Waals surface area (Å²) in [5, 5.41) is 6.63.